The molecule has 21 heavy (non-hydrogen) atoms. The molecule has 110 valence electrons. The standard InChI is InChI=1S/C15H17BrN4S/c1-9-15(16)12(20(2)19-9)8-11(18-17)14-7-10-5-3-4-6-13(10)21-14/h3-7,11,18H,8,17H2,1-2H3. The number of hydrogen-bond donors (Lipinski definition) is 2. The van der Waals surface area contributed by atoms with E-state index in [0.717, 1.165) is 22.3 Å². The number of benzene rings is 1. The maximum absolute atomic E-state index is 5.79. The van der Waals surface area contributed by atoms with Gasteiger partial charge in [-0.3, -0.25) is 16.0 Å². The molecule has 2 aromatic heterocycles. The van der Waals surface area contributed by atoms with Crippen molar-refractivity contribution in [2.75, 3.05) is 0 Å². The van der Waals surface area contributed by atoms with Crippen LogP contribution in [0.15, 0.2) is 34.8 Å². The van der Waals surface area contributed by atoms with E-state index in [2.05, 4.69) is 56.8 Å². The van der Waals surface area contributed by atoms with Crippen molar-refractivity contribution in [3.63, 3.8) is 0 Å². The van der Waals surface area contributed by atoms with Gasteiger partial charge in [-0.15, -0.1) is 11.3 Å². The van der Waals surface area contributed by atoms with E-state index < -0.39 is 0 Å². The molecule has 4 nitrogen and oxygen atoms in total. The first kappa shape index (κ1) is 14.7. The lowest BCUT2D eigenvalue weighted by Crippen LogP contribution is -2.29. The van der Waals surface area contributed by atoms with Crippen molar-refractivity contribution < 1.29 is 0 Å². The van der Waals surface area contributed by atoms with Gasteiger partial charge in [0, 0.05) is 23.0 Å². The normalized spacial score (nSPS) is 13.0. The van der Waals surface area contributed by atoms with Gasteiger partial charge in [0.15, 0.2) is 0 Å². The molecular formula is C15H17BrN4S. The lowest BCUT2D eigenvalue weighted by atomic mass is 10.1. The van der Waals surface area contributed by atoms with E-state index >= 15 is 0 Å². The van der Waals surface area contributed by atoms with Crippen molar-refractivity contribution in [2.45, 2.75) is 19.4 Å². The minimum Gasteiger partial charge on any atom is -0.271 e. The molecule has 3 aromatic rings. The van der Waals surface area contributed by atoms with Gasteiger partial charge in [-0.2, -0.15) is 5.10 Å². The molecule has 0 radical (unpaired) electrons. The molecule has 0 aliphatic carbocycles. The van der Waals surface area contributed by atoms with Crippen molar-refractivity contribution in [1.82, 2.24) is 15.2 Å². The van der Waals surface area contributed by atoms with Crippen LogP contribution in [0.1, 0.15) is 22.3 Å². The third kappa shape index (κ3) is 2.76. The number of fused-ring (bicyclic) bond motifs is 1. The molecule has 3 rings (SSSR count). The highest BCUT2D eigenvalue weighted by molar-refractivity contribution is 9.10. The summed E-state index contributed by atoms with van der Waals surface area (Å²) in [6.07, 6.45) is 0.793. The number of halogens is 1. The van der Waals surface area contributed by atoms with Gasteiger partial charge in [0.05, 0.1) is 21.9 Å². The monoisotopic (exact) mass is 364 g/mol. The summed E-state index contributed by atoms with van der Waals surface area (Å²) < 4.78 is 4.26. The van der Waals surface area contributed by atoms with Crippen LogP contribution in [0.25, 0.3) is 10.1 Å². The molecule has 1 unspecified atom stereocenters. The van der Waals surface area contributed by atoms with Gasteiger partial charge in [0.25, 0.3) is 0 Å². The molecule has 1 atom stereocenters. The molecule has 6 heteroatoms. The Hall–Kier alpha value is -1.21. The van der Waals surface area contributed by atoms with Crippen LogP contribution < -0.4 is 11.3 Å². The van der Waals surface area contributed by atoms with Gasteiger partial charge in [0.1, 0.15) is 0 Å². The van der Waals surface area contributed by atoms with E-state index in [4.69, 9.17) is 5.84 Å². The maximum Gasteiger partial charge on any atom is 0.0738 e. The molecule has 0 amide bonds. The Morgan fingerprint density at radius 2 is 2.19 bits per heavy atom. The Labute approximate surface area is 136 Å². The van der Waals surface area contributed by atoms with Gasteiger partial charge >= 0.3 is 0 Å². The highest BCUT2D eigenvalue weighted by Gasteiger charge is 2.19. The average molecular weight is 365 g/mol. The molecule has 0 aliphatic rings. The largest absolute Gasteiger partial charge is 0.271 e. The van der Waals surface area contributed by atoms with Crippen LogP contribution in [-0.2, 0) is 13.5 Å². The number of nitrogens with one attached hydrogen (secondary N) is 1. The van der Waals surface area contributed by atoms with Crippen LogP contribution in [0, 0.1) is 6.92 Å². The number of thiophene rings is 1. The van der Waals surface area contributed by atoms with Crippen molar-refractivity contribution in [2.24, 2.45) is 12.9 Å². The molecule has 0 fully saturated rings. The van der Waals surface area contributed by atoms with Gasteiger partial charge in [-0.1, -0.05) is 18.2 Å². The SMILES string of the molecule is Cc1nn(C)c(CC(NN)c2cc3ccccc3s2)c1Br. The number of hydrazine groups is 1. The Kier molecular flexibility index (Phi) is 4.12. The Balaban J connectivity index is 1.94. The highest BCUT2D eigenvalue weighted by Crippen LogP contribution is 2.32. The molecule has 0 bridgehead atoms. The quantitative estimate of drug-likeness (QED) is 0.550. The number of rotatable bonds is 4. The summed E-state index contributed by atoms with van der Waals surface area (Å²) in [4.78, 5) is 1.24. The topological polar surface area (TPSA) is 55.9 Å². The number of nitrogens with two attached hydrogens (primary N) is 1. The average Bonchev–Trinajstić information content (AvgIpc) is 3.00. The summed E-state index contributed by atoms with van der Waals surface area (Å²) in [6, 6.07) is 10.7. The molecule has 0 saturated heterocycles. The van der Waals surface area contributed by atoms with Gasteiger partial charge in [-0.25, -0.2) is 0 Å². The molecule has 3 N–H and O–H groups in total. The van der Waals surface area contributed by atoms with Crippen molar-refractivity contribution >= 4 is 37.4 Å². The van der Waals surface area contributed by atoms with Crippen LogP contribution >= 0.6 is 27.3 Å². The first-order valence-electron chi connectivity index (χ1n) is 6.72. The molecule has 0 aliphatic heterocycles. The van der Waals surface area contributed by atoms with E-state index in [0.29, 0.717) is 0 Å². The summed E-state index contributed by atoms with van der Waals surface area (Å²) in [5.41, 5.74) is 5.09. The zero-order valence-corrected chi connectivity index (χ0v) is 14.3. The maximum atomic E-state index is 5.79. The summed E-state index contributed by atoms with van der Waals surface area (Å²) >= 11 is 5.40. The fraction of sp³-hybridized carbons (Fsp3) is 0.267. The van der Waals surface area contributed by atoms with Gasteiger partial charge in [-0.05, 0) is 40.4 Å². The second-order valence-electron chi connectivity index (χ2n) is 5.08. The molecule has 2 heterocycles. The predicted molar refractivity (Wildman–Crippen MR) is 91.2 cm³/mol. The van der Waals surface area contributed by atoms with Crippen molar-refractivity contribution in [3.8, 4) is 0 Å². The lowest BCUT2D eigenvalue weighted by Gasteiger charge is -2.14. The molecule has 1 aromatic carbocycles. The van der Waals surface area contributed by atoms with Crippen molar-refractivity contribution in [3.05, 3.63) is 51.1 Å². The van der Waals surface area contributed by atoms with Gasteiger partial charge in [0.2, 0.25) is 0 Å². The summed E-state index contributed by atoms with van der Waals surface area (Å²) in [7, 11) is 1.96. The fourth-order valence-electron chi connectivity index (χ4n) is 2.51. The summed E-state index contributed by atoms with van der Waals surface area (Å²) in [5.74, 6) is 5.79. The number of aromatic nitrogens is 2. The molecule has 0 saturated carbocycles. The number of aryl methyl sites for hydroxylation is 2. The fourth-order valence-corrected chi connectivity index (χ4v) is 4.13. The van der Waals surface area contributed by atoms with Gasteiger partial charge < -0.3 is 0 Å². The zero-order valence-electron chi connectivity index (χ0n) is 11.9. The van der Waals surface area contributed by atoms with E-state index in [1.54, 1.807) is 11.3 Å². The first-order chi connectivity index (χ1) is 10.1. The molecule has 0 spiro atoms. The third-order valence-electron chi connectivity index (χ3n) is 3.65. The minimum absolute atomic E-state index is 0.0773. The van der Waals surface area contributed by atoms with Crippen LogP contribution in [0.5, 0.6) is 0 Å². The van der Waals surface area contributed by atoms with E-state index in [1.165, 1.54) is 15.0 Å². The smallest absolute Gasteiger partial charge is 0.0738 e. The lowest BCUT2D eigenvalue weighted by molar-refractivity contribution is 0.536. The minimum atomic E-state index is 0.0773. The number of nitrogens with zero attached hydrogens (tertiary/aromatic N) is 2. The second kappa shape index (κ2) is 5.88. The predicted octanol–water partition coefficient (Wildman–Crippen LogP) is 3.45. The molecular weight excluding hydrogens is 348 g/mol. The van der Waals surface area contributed by atoms with E-state index in [1.807, 2.05) is 18.7 Å². The van der Waals surface area contributed by atoms with Crippen LogP contribution in [0.2, 0.25) is 0 Å². The van der Waals surface area contributed by atoms with Crippen LogP contribution in [0.3, 0.4) is 0 Å². The first-order valence-corrected chi connectivity index (χ1v) is 8.33. The highest BCUT2D eigenvalue weighted by atomic mass is 79.9. The van der Waals surface area contributed by atoms with Crippen LogP contribution in [-0.4, -0.2) is 9.78 Å². The van der Waals surface area contributed by atoms with Crippen molar-refractivity contribution in [1.29, 1.82) is 0 Å². The van der Waals surface area contributed by atoms with E-state index in [9.17, 15) is 0 Å². The second-order valence-corrected chi connectivity index (χ2v) is 6.99. The third-order valence-corrected chi connectivity index (χ3v) is 5.91. The zero-order chi connectivity index (χ0) is 15.0. The van der Waals surface area contributed by atoms with E-state index in [-0.39, 0.29) is 6.04 Å². The Morgan fingerprint density at radius 1 is 1.43 bits per heavy atom. The van der Waals surface area contributed by atoms with Crippen LogP contribution in [0.4, 0.5) is 0 Å². The summed E-state index contributed by atoms with van der Waals surface area (Å²) in [6.45, 7) is 2.00. The Bertz CT molecular complexity index is 744. The summed E-state index contributed by atoms with van der Waals surface area (Å²) in [5, 5.41) is 5.70. The Morgan fingerprint density at radius 3 is 2.81 bits per heavy atom. The number of hydrogen-bond acceptors (Lipinski definition) is 4.